The monoisotopic (exact) mass is 420 g/mol. The van der Waals surface area contributed by atoms with Crippen LogP contribution in [0.1, 0.15) is 25.0 Å². The number of nitrogens with two attached hydrogens (primary N) is 1. The molecule has 0 aromatic carbocycles. The zero-order valence-electron chi connectivity index (χ0n) is 17.5. The van der Waals surface area contributed by atoms with Gasteiger partial charge < -0.3 is 5.73 Å². The normalized spacial score (nSPS) is 19.8. The fraction of sp³-hybridized carbons (Fsp3) is 0.250. The molecular weight excluding hydrogens is 400 g/mol. The van der Waals surface area contributed by atoms with E-state index >= 15 is 0 Å². The van der Waals surface area contributed by atoms with Gasteiger partial charge in [0, 0.05) is 29.0 Å². The van der Waals surface area contributed by atoms with Crippen molar-refractivity contribution < 1.29 is 0 Å². The van der Waals surface area contributed by atoms with Gasteiger partial charge in [-0.05, 0) is 56.2 Å². The molecule has 1 aliphatic rings. The molecule has 0 bridgehead atoms. The zero-order chi connectivity index (χ0) is 22.3. The van der Waals surface area contributed by atoms with Crippen LogP contribution in [-0.4, -0.2) is 24.7 Å². The smallest absolute Gasteiger partial charge is 0.124 e. The Bertz CT molecular complexity index is 1400. The van der Waals surface area contributed by atoms with Crippen LogP contribution in [-0.2, 0) is 5.54 Å². The summed E-state index contributed by atoms with van der Waals surface area (Å²) in [6.45, 7) is 1.89. The highest BCUT2D eigenvalue weighted by Crippen LogP contribution is 2.46. The van der Waals surface area contributed by atoms with Crippen molar-refractivity contribution in [1.29, 1.82) is 10.5 Å². The summed E-state index contributed by atoms with van der Waals surface area (Å²) < 4.78 is 1.84. The van der Waals surface area contributed by atoms with Crippen molar-refractivity contribution in [3.8, 4) is 34.8 Å². The van der Waals surface area contributed by atoms with E-state index in [9.17, 15) is 10.5 Å². The number of nitriles is 2. The fourth-order valence-corrected chi connectivity index (χ4v) is 4.48. The van der Waals surface area contributed by atoms with Gasteiger partial charge in [-0.2, -0.15) is 15.6 Å². The number of anilines is 1. The molecule has 0 radical (unpaired) electrons. The first-order chi connectivity index (χ1) is 15.5. The summed E-state index contributed by atoms with van der Waals surface area (Å²) in [6, 6.07) is 16.0. The first kappa shape index (κ1) is 19.7. The molecule has 156 valence electrons. The molecule has 0 spiro atoms. The summed E-state index contributed by atoms with van der Waals surface area (Å²) in [5, 5.41) is 24.3. The summed E-state index contributed by atoms with van der Waals surface area (Å²) in [6.07, 6.45) is 5.20. The van der Waals surface area contributed by atoms with Crippen molar-refractivity contribution in [3.63, 3.8) is 0 Å². The molecule has 1 aliphatic carbocycles. The Kier molecular flexibility index (Phi) is 4.57. The lowest BCUT2D eigenvalue weighted by Crippen LogP contribution is -2.46. The number of nitrogen functional groups attached to an aromatic ring is 1. The largest absolute Gasteiger partial charge is 0.384 e. The SMILES string of the molecule is Cc1cc(-c2cc3ncccc3c(-c3ccn([C@]4(CC#N)C[C@H](C#N)C4)n3)n2)cc(N)n1. The summed E-state index contributed by atoms with van der Waals surface area (Å²) in [4.78, 5) is 13.7. The lowest BCUT2D eigenvalue weighted by atomic mass is 9.67. The van der Waals surface area contributed by atoms with Crippen LogP contribution in [0.15, 0.2) is 48.8 Å². The van der Waals surface area contributed by atoms with Crippen molar-refractivity contribution in [2.24, 2.45) is 5.92 Å². The van der Waals surface area contributed by atoms with Gasteiger partial charge in [-0.15, -0.1) is 0 Å². The lowest BCUT2D eigenvalue weighted by Gasteiger charge is -2.43. The van der Waals surface area contributed by atoms with Crippen LogP contribution in [0.4, 0.5) is 5.82 Å². The molecule has 0 aliphatic heterocycles. The highest BCUT2D eigenvalue weighted by molar-refractivity contribution is 5.93. The third-order valence-electron chi connectivity index (χ3n) is 6.03. The van der Waals surface area contributed by atoms with Crippen LogP contribution < -0.4 is 5.73 Å². The van der Waals surface area contributed by atoms with Gasteiger partial charge in [-0.25, -0.2) is 9.97 Å². The third kappa shape index (κ3) is 3.23. The molecular formula is C24H20N8. The number of hydrogen-bond donors (Lipinski definition) is 1. The average molecular weight is 420 g/mol. The maximum Gasteiger partial charge on any atom is 0.124 e. The minimum Gasteiger partial charge on any atom is -0.384 e. The summed E-state index contributed by atoms with van der Waals surface area (Å²) in [5.74, 6) is 0.395. The van der Waals surface area contributed by atoms with Crippen LogP contribution in [0.25, 0.3) is 33.5 Å². The molecule has 4 heterocycles. The van der Waals surface area contributed by atoms with E-state index in [1.807, 2.05) is 48.1 Å². The van der Waals surface area contributed by atoms with Gasteiger partial charge in [0.2, 0.25) is 0 Å². The fourth-order valence-electron chi connectivity index (χ4n) is 4.48. The van der Waals surface area contributed by atoms with Crippen molar-refractivity contribution in [2.75, 3.05) is 5.73 Å². The van der Waals surface area contributed by atoms with Gasteiger partial charge in [0.25, 0.3) is 0 Å². The van der Waals surface area contributed by atoms with Crippen molar-refractivity contribution in [3.05, 3.63) is 54.5 Å². The van der Waals surface area contributed by atoms with Gasteiger partial charge in [0.15, 0.2) is 0 Å². The molecule has 8 nitrogen and oxygen atoms in total. The standard InChI is InChI=1S/C24H20N8/c1-15-9-17(10-22(27)29-15)20-11-21-18(3-2-7-28-21)23(30-20)19-4-8-32(31-19)24(5-6-25)12-16(13-24)14-26/h2-4,7-11,16H,5,12-13H2,1H3,(H2,27,29)/t16-,24+. The Morgan fingerprint density at radius 3 is 2.75 bits per heavy atom. The Morgan fingerprint density at radius 1 is 1.16 bits per heavy atom. The second-order valence-electron chi connectivity index (χ2n) is 8.29. The molecule has 0 atom stereocenters. The Hall–Kier alpha value is -4.30. The lowest BCUT2D eigenvalue weighted by molar-refractivity contribution is 0.0884. The van der Waals surface area contributed by atoms with Gasteiger partial charge >= 0.3 is 0 Å². The van der Waals surface area contributed by atoms with Crippen molar-refractivity contribution in [2.45, 2.75) is 31.7 Å². The van der Waals surface area contributed by atoms with Gasteiger partial charge in [0.05, 0.1) is 41.2 Å². The van der Waals surface area contributed by atoms with Crippen LogP contribution in [0.5, 0.6) is 0 Å². The highest BCUT2D eigenvalue weighted by atomic mass is 15.3. The first-order valence-electron chi connectivity index (χ1n) is 10.3. The maximum absolute atomic E-state index is 9.35. The van der Waals surface area contributed by atoms with E-state index in [-0.39, 0.29) is 5.92 Å². The summed E-state index contributed by atoms with van der Waals surface area (Å²) >= 11 is 0. The van der Waals surface area contributed by atoms with Crippen molar-refractivity contribution in [1.82, 2.24) is 24.7 Å². The number of aromatic nitrogens is 5. The van der Waals surface area contributed by atoms with Crippen molar-refractivity contribution >= 4 is 16.7 Å². The van der Waals surface area contributed by atoms with E-state index in [0.717, 1.165) is 27.9 Å². The van der Waals surface area contributed by atoms with Gasteiger partial charge in [-0.1, -0.05) is 0 Å². The Morgan fingerprint density at radius 2 is 2.00 bits per heavy atom. The predicted molar refractivity (Wildman–Crippen MR) is 120 cm³/mol. The topological polar surface area (TPSA) is 130 Å². The van der Waals surface area contributed by atoms with E-state index in [1.165, 1.54) is 0 Å². The number of hydrogen-bond acceptors (Lipinski definition) is 7. The molecule has 4 aromatic heterocycles. The summed E-state index contributed by atoms with van der Waals surface area (Å²) in [7, 11) is 0. The molecule has 0 amide bonds. The summed E-state index contributed by atoms with van der Waals surface area (Å²) in [5.41, 5.74) is 10.1. The third-order valence-corrected chi connectivity index (χ3v) is 6.03. The molecule has 0 saturated heterocycles. The molecule has 5 rings (SSSR count). The van der Waals surface area contributed by atoms with Gasteiger partial charge in [-0.3, -0.25) is 9.67 Å². The van der Waals surface area contributed by atoms with E-state index in [2.05, 4.69) is 22.1 Å². The minimum absolute atomic E-state index is 0.0390. The van der Waals surface area contributed by atoms with Crippen LogP contribution in [0.2, 0.25) is 0 Å². The van der Waals surface area contributed by atoms with E-state index < -0.39 is 5.54 Å². The number of nitrogens with zero attached hydrogens (tertiary/aromatic N) is 7. The zero-order valence-corrected chi connectivity index (χ0v) is 17.5. The minimum atomic E-state index is -0.435. The molecule has 8 heteroatoms. The Labute approximate surface area is 185 Å². The first-order valence-corrected chi connectivity index (χ1v) is 10.3. The second kappa shape index (κ2) is 7.44. The average Bonchev–Trinajstić information content (AvgIpc) is 3.25. The molecule has 1 fully saturated rings. The molecule has 1 saturated carbocycles. The predicted octanol–water partition coefficient (Wildman–Crippen LogP) is 3.99. The highest BCUT2D eigenvalue weighted by Gasteiger charge is 2.46. The van der Waals surface area contributed by atoms with Crippen LogP contribution in [0, 0.1) is 35.5 Å². The van der Waals surface area contributed by atoms with E-state index in [1.54, 1.807) is 12.3 Å². The number of pyridine rings is 3. The number of aryl methyl sites for hydroxylation is 1. The molecule has 4 aromatic rings. The molecule has 32 heavy (non-hydrogen) atoms. The Balaban J connectivity index is 1.64. The molecule has 0 unspecified atom stereocenters. The van der Waals surface area contributed by atoms with Crippen LogP contribution >= 0.6 is 0 Å². The molecule has 2 N–H and O–H groups in total. The maximum atomic E-state index is 9.35. The quantitative estimate of drug-likeness (QED) is 0.528. The van der Waals surface area contributed by atoms with Gasteiger partial charge in [0.1, 0.15) is 17.2 Å². The van der Waals surface area contributed by atoms with E-state index in [0.29, 0.717) is 36.5 Å². The van der Waals surface area contributed by atoms with Crippen LogP contribution in [0.3, 0.4) is 0 Å². The number of fused-ring (bicyclic) bond motifs is 1. The second-order valence-corrected chi connectivity index (χ2v) is 8.29. The van der Waals surface area contributed by atoms with E-state index in [4.69, 9.17) is 15.8 Å². The number of rotatable bonds is 4.